The average molecular weight is 507 g/mol. The molecule has 196 valence electrons. The van der Waals surface area contributed by atoms with E-state index in [-0.39, 0.29) is 11.8 Å². The summed E-state index contributed by atoms with van der Waals surface area (Å²) in [6, 6.07) is 13.5. The number of carbonyl (C=O) groups is 4. The van der Waals surface area contributed by atoms with Crippen LogP contribution in [0.5, 0.6) is 11.5 Å². The molecule has 37 heavy (non-hydrogen) atoms. The molecular weight excluding hydrogens is 476 g/mol. The fourth-order valence-corrected chi connectivity index (χ4v) is 5.27. The second-order valence-electron chi connectivity index (χ2n) is 9.76. The van der Waals surface area contributed by atoms with Crippen molar-refractivity contribution in [2.24, 2.45) is 23.7 Å². The summed E-state index contributed by atoms with van der Waals surface area (Å²) >= 11 is 0. The number of carbonyl (C=O) groups excluding carboxylic acids is 4. The molecule has 2 aromatic rings. The van der Waals surface area contributed by atoms with Gasteiger partial charge in [0.1, 0.15) is 11.5 Å². The van der Waals surface area contributed by atoms with Gasteiger partial charge in [-0.3, -0.25) is 9.59 Å². The van der Waals surface area contributed by atoms with Gasteiger partial charge in [0.15, 0.2) is 0 Å². The van der Waals surface area contributed by atoms with Crippen LogP contribution < -0.4 is 25.6 Å². The standard InChI is InChI=1S/C28H32N2O7/c31-25(21-5-1-3-7-23(21)27(33)34)29-17-9-13-19(14-10-17)37-20-15-11-18(12-16-20)30-26(32)22-6-2-4-8-24(22)28(35)36/h9-16,21-24H,1-8H2,(H,29,31)(H,30,32)(H,33,34)(H,35,36)/p-2/t21-,22-,23+,24+/m0/s1. The van der Waals surface area contributed by atoms with E-state index in [4.69, 9.17) is 4.74 Å². The van der Waals surface area contributed by atoms with Crippen LogP contribution in [0.3, 0.4) is 0 Å². The Bertz CT molecular complexity index is 1040. The number of aliphatic carboxylic acids is 2. The van der Waals surface area contributed by atoms with E-state index in [9.17, 15) is 29.4 Å². The van der Waals surface area contributed by atoms with Gasteiger partial charge in [0.25, 0.3) is 0 Å². The molecule has 2 N–H and O–H groups in total. The maximum atomic E-state index is 12.6. The Balaban J connectivity index is 1.31. The number of hydrogen-bond donors (Lipinski definition) is 2. The average Bonchev–Trinajstić information content (AvgIpc) is 2.90. The molecule has 0 radical (unpaired) electrons. The van der Waals surface area contributed by atoms with Crippen LogP contribution in [0.1, 0.15) is 51.4 Å². The lowest BCUT2D eigenvalue weighted by atomic mass is 9.78. The summed E-state index contributed by atoms with van der Waals surface area (Å²) in [4.78, 5) is 48.0. The fraction of sp³-hybridized carbons (Fsp3) is 0.429. The summed E-state index contributed by atoms with van der Waals surface area (Å²) in [5, 5.41) is 28.3. The van der Waals surface area contributed by atoms with Crippen LogP contribution in [0, 0.1) is 23.7 Å². The number of rotatable bonds is 8. The lowest BCUT2D eigenvalue weighted by Gasteiger charge is -2.31. The van der Waals surface area contributed by atoms with Crippen molar-refractivity contribution in [3.8, 4) is 11.5 Å². The first-order valence-corrected chi connectivity index (χ1v) is 12.7. The summed E-state index contributed by atoms with van der Waals surface area (Å²) in [6.07, 6.45) is 5.17. The lowest BCUT2D eigenvalue weighted by Crippen LogP contribution is -2.42. The van der Waals surface area contributed by atoms with E-state index in [0.29, 0.717) is 48.6 Å². The molecule has 0 aliphatic heterocycles. The van der Waals surface area contributed by atoms with Gasteiger partial charge in [-0.25, -0.2) is 0 Å². The topological polar surface area (TPSA) is 148 Å². The Hall–Kier alpha value is -3.88. The van der Waals surface area contributed by atoms with Crippen molar-refractivity contribution in [2.75, 3.05) is 10.6 Å². The van der Waals surface area contributed by atoms with E-state index >= 15 is 0 Å². The van der Waals surface area contributed by atoms with Crippen LogP contribution in [0.4, 0.5) is 11.4 Å². The predicted molar refractivity (Wildman–Crippen MR) is 131 cm³/mol. The molecule has 0 spiro atoms. The molecule has 9 heteroatoms. The zero-order valence-corrected chi connectivity index (χ0v) is 20.4. The molecule has 9 nitrogen and oxygen atoms in total. The first kappa shape index (κ1) is 26.2. The van der Waals surface area contributed by atoms with Crippen molar-refractivity contribution >= 4 is 35.1 Å². The highest BCUT2D eigenvalue weighted by molar-refractivity contribution is 5.95. The van der Waals surface area contributed by atoms with Gasteiger partial charge >= 0.3 is 0 Å². The van der Waals surface area contributed by atoms with E-state index in [1.165, 1.54) is 0 Å². The molecule has 0 heterocycles. The summed E-state index contributed by atoms with van der Waals surface area (Å²) in [7, 11) is 0. The van der Waals surface area contributed by atoms with Crippen LogP contribution in [0.25, 0.3) is 0 Å². The molecule has 2 aliphatic rings. The molecule has 0 unspecified atom stereocenters. The minimum absolute atomic E-state index is 0.320. The number of nitrogens with one attached hydrogen (secondary N) is 2. The molecule has 2 aliphatic carbocycles. The molecule has 2 amide bonds. The van der Waals surface area contributed by atoms with E-state index in [1.807, 2.05) is 0 Å². The largest absolute Gasteiger partial charge is 0.550 e. The van der Waals surface area contributed by atoms with Crippen molar-refractivity contribution in [1.82, 2.24) is 0 Å². The third-order valence-corrected chi connectivity index (χ3v) is 7.29. The minimum atomic E-state index is -1.18. The predicted octanol–water partition coefficient (Wildman–Crippen LogP) is 2.47. The van der Waals surface area contributed by atoms with Crippen molar-refractivity contribution in [3.63, 3.8) is 0 Å². The van der Waals surface area contributed by atoms with Gasteiger partial charge in [-0.15, -0.1) is 0 Å². The van der Waals surface area contributed by atoms with E-state index in [2.05, 4.69) is 10.6 Å². The fourth-order valence-electron chi connectivity index (χ4n) is 5.27. The Kier molecular flexibility index (Phi) is 8.43. The van der Waals surface area contributed by atoms with E-state index in [1.54, 1.807) is 48.5 Å². The molecule has 2 fully saturated rings. The third-order valence-electron chi connectivity index (χ3n) is 7.29. The maximum Gasteiger partial charge on any atom is 0.228 e. The molecule has 0 aromatic heterocycles. The van der Waals surface area contributed by atoms with Crippen LogP contribution in [-0.4, -0.2) is 23.8 Å². The smallest absolute Gasteiger partial charge is 0.228 e. The number of amides is 2. The Morgan fingerprint density at radius 2 is 0.892 bits per heavy atom. The normalized spacial score (nSPS) is 23.5. The minimum Gasteiger partial charge on any atom is -0.550 e. The van der Waals surface area contributed by atoms with Gasteiger partial charge in [-0.2, -0.15) is 0 Å². The molecule has 0 bridgehead atoms. The SMILES string of the molecule is O=C(Nc1ccc(Oc2ccc(NC(=O)[C@H]3CCCC[C@H]3C(=O)[O-])cc2)cc1)[C@H]1CCCC[C@H]1C(=O)[O-]. The highest BCUT2D eigenvalue weighted by atomic mass is 16.5. The Labute approximate surface area is 215 Å². The van der Waals surface area contributed by atoms with Gasteiger partial charge in [-0.05, 0) is 74.2 Å². The molecule has 2 saturated carbocycles. The van der Waals surface area contributed by atoms with Crippen LogP contribution in [0.15, 0.2) is 48.5 Å². The second-order valence-corrected chi connectivity index (χ2v) is 9.76. The maximum absolute atomic E-state index is 12.6. The monoisotopic (exact) mass is 506 g/mol. The first-order chi connectivity index (χ1) is 17.8. The van der Waals surface area contributed by atoms with Gasteiger partial charge in [0, 0.05) is 47.0 Å². The molecule has 0 saturated heterocycles. The number of anilines is 2. The molecule has 4 atom stereocenters. The highest BCUT2D eigenvalue weighted by Crippen LogP contribution is 2.32. The number of carboxylic acid groups (broad SMARTS) is 2. The summed E-state index contributed by atoms with van der Waals surface area (Å²) < 4.78 is 5.83. The van der Waals surface area contributed by atoms with Gasteiger partial charge in [-0.1, -0.05) is 25.7 Å². The molecule has 2 aromatic carbocycles. The zero-order chi connectivity index (χ0) is 26.4. The molecule has 4 rings (SSSR count). The summed E-state index contributed by atoms with van der Waals surface area (Å²) in [5.74, 6) is -4.66. The van der Waals surface area contributed by atoms with E-state index in [0.717, 1.165) is 25.7 Å². The number of hydrogen-bond acceptors (Lipinski definition) is 7. The first-order valence-electron chi connectivity index (χ1n) is 12.7. The zero-order valence-electron chi connectivity index (χ0n) is 20.4. The second kappa shape index (κ2) is 11.9. The van der Waals surface area contributed by atoms with Gasteiger partial charge in [0.05, 0.1) is 0 Å². The van der Waals surface area contributed by atoms with Crippen molar-refractivity contribution < 1.29 is 34.1 Å². The number of carboxylic acids is 2. The Morgan fingerprint density at radius 3 is 1.22 bits per heavy atom. The van der Waals surface area contributed by atoms with Crippen molar-refractivity contribution in [2.45, 2.75) is 51.4 Å². The van der Waals surface area contributed by atoms with Crippen LogP contribution in [-0.2, 0) is 19.2 Å². The van der Waals surface area contributed by atoms with Gasteiger partial charge in [0.2, 0.25) is 11.8 Å². The van der Waals surface area contributed by atoms with Crippen molar-refractivity contribution in [3.05, 3.63) is 48.5 Å². The number of ether oxygens (including phenoxy) is 1. The van der Waals surface area contributed by atoms with Crippen LogP contribution >= 0.6 is 0 Å². The highest BCUT2D eigenvalue weighted by Gasteiger charge is 2.32. The lowest BCUT2D eigenvalue weighted by molar-refractivity contribution is -0.315. The summed E-state index contributed by atoms with van der Waals surface area (Å²) in [6.45, 7) is 0. The third kappa shape index (κ3) is 6.67. The Morgan fingerprint density at radius 1 is 0.568 bits per heavy atom. The molecular formula is C28H30N2O7-2. The van der Waals surface area contributed by atoms with E-state index < -0.39 is 35.6 Å². The number of benzene rings is 2. The summed E-state index contributed by atoms with van der Waals surface area (Å²) in [5.41, 5.74) is 1.08. The quantitative estimate of drug-likeness (QED) is 0.559. The van der Waals surface area contributed by atoms with Crippen molar-refractivity contribution in [1.29, 1.82) is 0 Å². The van der Waals surface area contributed by atoms with Gasteiger partial charge < -0.3 is 35.2 Å². The van der Waals surface area contributed by atoms with Crippen LogP contribution in [0.2, 0.25) is 0 Å².